The Hall–Kier alpha value is -0.830. The molecule has 0 saturated carbocycles. The van der Waals surface area contributed by atoms with Gasteiger partial charge < -0.3 is 5.32 Å². The normalized spacial score (nSPS) is 12.6. The number of hydrogen-bond donors (Lipinski definition) is 1. The van der Waals surface area contributed by atoms with E-state index in [-0.39, 0.29) is 6.04 Å². The minimum absolute atomic E-state index is 0.241. The Bertz CT molecular complexity index is 492. The predicted octanol–water partition coefficient (Wildman–Crippen LogP) is 4.41. The highest BCUT2D eigenvalue weighted by atomic mass is 35.5. The molecule has 1 unspecified atom stereocenters. The third-order valence-corrected chi connectivity index (χ3v) is 3.91. The van der Waals surface area contributed by atoms with Gasteiger partial charge in [0, 0.05) is 5.02 Å². The molecule has 90 valence electrons. The smallest absolute Gasteiger partial charge is 0.0587 e. The van der Waals surface area contributed by atoms with Crippen LogP contribution in [-0.4, -0.2) is 6.54 Å². The van der Waals surface area contributed by atoms with Crippen molar-refractivity contribution in [3.05, 3.63) is 56.7 Å². The predicted molar refractivity (Wildman–Crippen MR) is 76.0 cm³/mol. The summed E-state index contributed by atoms with van der Waals surface area (Å²) in [5.74, 6) is 0. The first-order valence-corrected chi connectivity index (χ1v) is 7.06. The number of rotatable bonds is 4. The van der Waals surface area contributed by atoms with E-state index in [9.17, 15) is 0 Å². The fraction of sp³-hybridized carbons (Fsp3) is 0.286. The van der Waals surface area contributed by atoms with Gasteiger partial charge in [0.25, 0.3) is 0 Å². The monoisotopic (exact) mass is 265 g/mol. The van der Waals surface area contributed by atoms with E-state index in [0.717, 1.165) is 11.6 Å². The number of benzene rings is 1. The molecular formula is C14H16ClNS. The lowest BCUT2D eigenvalue weighted by Gasteiger charge is -2.19. The third-order valence-electron chi connectivity index (χ3n) is 2.80. The van der Waals surface area contributed by atoms with E-state index in [0.29, 0.717) is 0 Å². The fourth-order valence-corrected chi connectivity index (χ4v) is 3.04. The summed E-state index contributed by atoms with van der Waals surface area (Å²) in [7, 11) is 0. The molecule has 2 rings (SSSR count). The number of hydrogen-bond acceptors (Lipinski definition) is 2. The zero-order valence-electron chi connectivity index (χ0n) is 10.0. The highest BCUT2D eigenvalue weighted by molar-refractivity contribution is 7.08. The van der Waals surface area contributed by atoms with Crippen molar-refractivity contribution in [3.63, 3.8) is 0 Å². The molecule has 3 heteroatoms. The van der Waals surface area contributed by atoms with E-state index in [1.165, 1.54) is 16.7 Å². The van der Waals surface area contributed by atoms with Gasteiger partial charge >= 0.3 is 0 Å². The highest BCUT2D eigenvalue weighted by Crippen LogP contribution is 2.28. The molecule has 0 aliphatic carbocycles. The second kappa shape index (κ2) is 5.67. The lowest BCUT2D eigenvalue weighted by Crippen LogP contribution is -2.22. The third kappa shape index (κ3) is 2.89. The Morgan fingerprint density at radius 3 is 2.76 bits per heavy atom. The average molecular weight is 266 g/mol. The van der Waals surface area contributed by atoms with E-state index in [2.05, 4.69) is 36.0 Å². The summed E-state index contributed by atoms with van der Waals surface area (Å²) < 4.78 is 0. The zero-order valence-corrected chi connectivity index (χ0v) is 11.6. The zero-order chi connectivity index (χ0) is 12.3. The van der Waals surface area contributed by atoms with Gasteiger partial charge in [-0.05, 0) is 53.1 Å². The van der Waals surface area contributed by atoms with Crippen molar-refractivity contribution in [3.8, 4) is 0 Å². The molecular weight excluding hydrogens is 250 g/mol. The Morgan fingerprint density at radius 1 is 1.35 bits per heavy atom. The number of nitrogens with one attached hydrogen (secondary N) is 1. The maximum Gasteiger partial charge on any atom is 0.0587 e. The van der Waals surface area contributed by atoms with Crippen LogP contribution in [0.15, 0.2) is 35.0 Å². The van der Waals surface area contributed by atoms with E-state index in [4.69, 9.17) is 11.6 Å². The molecule has 17 heavy (non-hydrogen) atoms. The van der Waals surface area contributed by atoms with Gasteiger partial charge in [0.05, 0.1) is 6.04 Å². The first kappa shape index (κ1) is 12.6. The van der Waals surface area contributed by atoms with Gasteiger partial charge in [-0.2, -0.15) is 11.3 Å². The van der Waals surface area contributed by atoms with Crippen LogP contribution in [0.3, 0.4) is 0 Å². The van der Waals surface area contributed by atoms with E-state index < -0.39 is 0 Å². The standard InChI is InChI=1S/C14H16ClNS/c1-3-16-14(13-9-17-8-10(13)2)11-5-4-6-12(15)7-11/h4-9,14,16H,3H2,1-2H3. The second-order valence-corrected chi connectivity index (χ2v) is 5.24. The summed E-state index contributed by atoms with van der Waals surface area (Å²) in [5, 5.41) is 8.70. The summed E-state index contributed by atoms with van der Waals surface area (Å²) in [5.41, 5.74) is 3.90. The molecule has 0 radical (unpaired) electrons. The molecule has 2 aromatic rings. The van der Waals surface area contributed by atoms with Gasteiger partial charge in [0.1, 0.15) is 0 Å². The molecule has 0 bridgehead atoms. The average Bonchev–Trinajstić information content (AvgIpc) is 2.72. The molecule has 1 atom stereocenters. The molecule has 0 spiro atoms. The molecule has 1 aromatic carbocycles. The van der Waals surface area contributed by atoms with Crippen LogP contribution in [0, 0.1) is 6.92 Å². The van der Waals surface area contributed by atoms with Crippen molar-refractivity contribution >= 4 is 22.9 Å². The summed E-state index contributed by atoms with van der Waals surface area (Å²) in [6.45, 7) is 5.21. The topological polar surface area (TPSA) is 12.0 Å². The van der Waals surface area contributed by atoms with Crippen LogP contribution >= 0.6 is 22.9 Å². The number of halogens is 1. The van der Waals surface area contributed by atoms with Gasteiger partial charge in [-0.3, -0.25) is 0 Å². The Morgan fingerprint density at radius 2 is 2.18 bits per heavy atom. The van der Waals surface area contributed by atoms with Crippen molar-refractivity contribution in [2.75, 3.05) is 6.54 Å². The Labute approximate surface area is 111 Å². The largest absolute Gasteiger partial charge is 0.306 e. The lowest BCUT2D eigenvalue weighted by atomic mass is 9.98. The molecule has 0 saturated heterocycles. The number of thiophene rings is 1. The summed E-state index contributed by atoms with van der Waals surface area (Å²) in [6, 6.07) is 8.31. The quantitative estimate of drug-likeness (QED) is 0.864. The van der Waals surface area contributed by atoms with Gasteiger partial charge in [0.15, 0.2) is 0 Å². The van der Waals surface area contributed by atoms with Crippen molar-refractivity contribution in [2.24, 2.45) is 0 Å². The second-order valence-electron chi connectivity index (χ2n) is 4.06. The summed E-state index contributed by atoms with van der Waals surface area (Å²) in [4.78, 5) is 0. The molecule has 0 aliphatic heterocycles. The van der Waals surface area contributed by atoms with E-state index in [1.54, 1.807) is 11.3 Å². The van der Waals surface area contributed by atoms with E-state index >= 15 is 0 Å². The van der Waals surface area contributed by atoms with Crippen molar-refractivity contribution < 1.29 is 0 Å². The highest BCUT2D eigenvalue weighted by Gasteiger charge is 2.15. The molecule has 1 aromatic heterocycles. The minimum Gasteiger partial charge on any atom is -0.306 e. The molecule has 1 nitrogen and oxygen atoms in total. The Balaban J connectivity index is 2.39. The molecule has 1 heterocycles. The van der Waals surface area contributed by atoms with Crippen LogP contribution in [0.4, 0.5) is 0 Å². The van der Waals surface area contributed by atoms with Crippen molar-refractivity contribution in [2.45, 2.75) is 19.9 Å². The van der Waals surface area contributed by atoms with E-state index in [1.807, 2.05) is 18.2 Å². The minimum atomic E-state index is 0.241. The van der Waals surface area contributed by atoms with Crippen molar-refractivity contribution in [1.82, 2.24) is 5.32 Å². The lowest BCUT2D eigenvalue weighted by molar-refractivity contribution is 0.630. The number of aryl methyl sites for hydroxylation is 1. The first-order valence-electron chi connectivity index (χ1n) is 5.74. The van der Waals surface area contributed by atoms with Crippen LogP contribution in [-0.2, 0) is 0 Å². The van der Waals surface area contributed by atoms with Crippen molar-refractivity contribution in [1.29, 1.82) is 0 Å². The van der Waals surface area contributed by atoms with Crippen LogP contribution in [0.1, 0.15) is 29.7 Å². The van der Waals surface area contributed by atoms with Crippen LogP contribution in [0.25, 0.3) is 0 Å². The Kier molecular flexibility index (Phi) is 4.21. The molecule has 1 N–H and O–H groups in total. The summed E-state index contributed by atoms with van der Waals surface area (Å²) in [6.07, 6.45) is 0. The maximum absolute atomic E-state index is 6.07. The van der Waals surface area contributed by atoms with Gasteiger partial charge in [0.2, 0.25) is 0 Å². The SMILES string of the molecule is CCNC(c1cccc(Cl)c1)c1cscc1C. The first-order chi connectivity index (χ1) is 8.22. The van der Waals surface area contributed by atoms with Gasteiger partial charge in [-0.1, -0.05) is 30.7 Å². The van der Waals surface area contributed by atoms with Crippen LogP contribution < -0.4 is 5.32 Å². The molecule has 0 fully saturated rings. The van der Waals surface area contributed by atoms with Gasteiger partial charge in [-0.25, -0.2) is 0 Å². The van der Waals surface area contributed by atoms with Crippen LogP contribution in [0.5, 0.6) is 0 Å². The molecule has 0 aliphatic rings. The maximum atomic E-state index is 6.07. The van der Waals surface area contributed by atoms with Crippen LogP contribution in [0.2, 0.25) is 5.02 Å². The fourth-order valence-electron chi connectivity index (χ4n) is 1.96. The van der Waals surface area contributed by atoms with Gasteiger partial charge in [-0.15, -0.1) is 0 Å². The molecule has 0 amide bonds. The summed E-state index contributed by atoms with van der Waals surface area (Å²) >= 11 is 7.81.